The standard InChI is InChI=1S/C24H33ClN2O6S/c25-19-3-5-21(6-4-19)34(30,31)27-20(13-17-1-2-17)15-32-16-22(27)24(9-10-24)33-23(29)26-11-7-18(14-28)8-12-26/h3-6,17-18,20,22,28H,1-2,7-16H2/t20-,22?/m1/s1. The second kappa shape index (κ2) is 9.58. The summed E-state index contributed by atoms with van der Waals surface area (Å²) in [6, 6.07) is 5.39. The molecule has 2 aliphatic carbocycles. The van der Waals surface area contributed by atoms with Gasteiger partial charge in [0, 0.05) is 30.8 Å². The highest BCUT2D eigenvalue weighted by atomic mass is 35.5. The molecule has 34 heavy (non-hydrogen) atoms. The molecule has 1 aromatic rings. The summed E-state index contributed by atoms with van der Waals surface area (Å²) in [5, 5.41) is 9.85. The maximum Gasteiger partial charge on any atom is 0.410 e. The molecule has 2 saturated carbocycles. The van der Waals surface area contributed by atoms with Crippen molar-refractivity contribution >= 4 is 27.7 Å². The van der Waals surface area contributed by atoms with E-state index in [1.54, 1.807) is 21.3 Å². The van der Waals surface area contributed by atoms with Gasteiger partial charge in [-0.1, -0.05) is 24.4 Å². The number of aliphatic hydroxyl groups is 1. The number of nitrogens with zero attached hydrogens (tertiary/aromatic N) is 2. The van der Waals surface area contributed by atoms with Gasteiger partial charge in [0.15, 0.2) is 0 Å². The van der Waals surface area contributed by atoms with Crippen molar-refractivity contribution in [3.8, 4) is 0 Å². The molecular weight excluding hydrogens is 480 g/mol. The van der Waals surface area contributed by atoms with Crippen LogP contribution in [-0.4, -0.2) is 79.4 Å². The first kappa shape index (κ1) is 24.3. The smallest absolute Gasteiger partial charge is 0.410 e. The van der Waals surface area contributed by atoms with Gasteiger partial charge in [-0.3, -0.25) is 0 Å². The Hall–Kier alpha value is -1.39. The Morgan fingerprint density at radius 3 is 2.35 bits per heavy atom. The van der Waals surface area contributed by atoms with Gasteiger partial charge in [0.25, 0.3) is 0 Å². The third-order valence-corrected chi connectivity index (χ3v) is 9.94. The molecule has 2 saturated heterocycles. The van der Waals surface area contributed by atoms with Crippen molar-refractivity contribution in [1.82, 2.24) is 9.21 Å². The Morgan fingerprint density at radius 1 is 1.09 bits per heavy atom. The Labute approximate surface area is 206 Å². The van der Waals surface area contributed by atoms with E-state index in [9.17, 15) is 18.3 Å². The molecule has 0 bridgehead atoms. The molecule has 4 fully saturated rings. The van der Waals surface area contributed by atoms with Gasteiger partial charge in [-0.2, -0.15) is 4.31 Å². The van der Waals surface area contributed by atoms with E-state index in [2.05, 4.69) is 0 Å². The molecule has 2 atom stereocenters. The van der Waals surface area contributed by atoms with Gasteiger partial charge in [-0.05, 0) is 68.2 Å². The first-order valence-corrected chi connectivity index (χ1v) is 14.1. The number of halogens is 1. The number of ether oxygens (including phenoxy) is 2. The number of benzene rings is 1. The third kappa shape index (κ3) is 4.95. The van der Waals surface area contributed by atoms with E-state index in [1.807, 2.05) is 0 Å². The van der Waals surface area contributed by atoms with Crippen LogP contribution in [0.25, 0.3) is 0 Å². The second-order valence-electron chi connectivity index (χ2n) is 10.2. The fraction of sp³-hybridized carbons (Fsp3) is 0.708. The first-order chi connectivity index (χ1) is 16.3. The second-order valence-corrected chi connectivity index (χ2v) is 12.5. The highest BCUT2D eigenvalue weighted by Gasteiger charge is 2.60. The Kier molecular flexibility index (Phi) is 6.85. The molecule has 1 unspecified atom stereocenters. The number of rotatable bonds is 7. The number of aliphatic hydroxyl groups excluding tert-OH is 1. The van der Waals surface area contributed by atoms with Crippen molar-refractivity contribution in [1.29, 1.82) is 0 Å². The molecule has 0 aromatic heterocycles. The van der Waals surface area contributed by atoms with Crippen molar-refractivity contribution < 1.29 is 27.8 Å². The summed E-state index contributed by atoms with van der Waals surface area (Å²) in [5.41, 5.74) is -0.868. The number of piperidine rings is 1. The van der Waals surface area contributed by atoms with Crippen molar-refractivity contribution in [2.75, 3.05) is 32.9 Å². The monoisotopic (exact) mass is 512 g/mol. The van der Waals surface area contributed by atoms with E-state index in [0.29, 0.717) is 43.5 Å². The van der Waals surface area contributed by atoms with Crippen LogP contribution in [0.5, 0.6) is 0 Å². The molecule has 2 aliphatic heterocycles. The molecule has 10 heteroatoms. The summed E-state index contributed by atoms with van der Waals surface area (Å²) in [4.78, 5) is 14.9. The van der Waals surface area contributed by atoms with Crippen LogP contribution in [0.2, 0.25) is 5.02 Å². The van der Waals surface area contributed by atoms with Gasteiger partial charge >= 0.3 is 6.09 Å². The van der Waals surface area contributed by atoms with Crippen LogP contribution in [0.15, 0.2) is 29.2 Å². The molecule has 4 aliphatic rings. The quantitative estimate of drug-likeness (QED) is 0.602. The maximum atomic E-state index is 13.9. The van der Waals surface area contributed by atoms with Crippen molar-refractivity contribution in [2.45, 2.75) is 67.5 Å². The molecule has 0 spiro atoms. The molecule has 8 nitrogen and oxygen atoms in total. The minimum Gasteiger partial charge on any atom is -0.441 e. The number of morpholine rings is 1. The minimum atomic E-state index is -3.85. The van der Waals surface area contributed by atoms with E-state index < -0.39 is 27.8 Å². The van der Waals surface area contributed by atoms with Crippen molar-refractivity contribution in [2.24, 2.45) is 11.8 Å². The largest absolute Gasteiger partial charge is 0.441 e. The summed E-state index contributed by atoms with van der Waals surface area (Å²) in [6.45, 7) is 1.76. The lowest BCUT2D eigenvalue weighted by Crippen LogP contribution is -2.61. The number of carbonyl (C=O) groups excluding carboxylic acids is 1. The summed E-state index contributed by atoms with van der Waals surface area (Å²) in [6.07, 6.45) is 5.28. The van der Waals surface area contributed by atoms with Crippen LogP contribution in [0.3, 0.4) is 0 Å². The van der Waals surface area contributed by atoms with E-state index in [4.69, 9.17) is 21.1 Å². The predicted octanol–water partition coefficient (Wildman–Crippen LogP) is 3.27. The van der Waals surface area contributed by atoms with Gasteiger partial charge in [0.2, 0.25) is 10.0 Å². The lowest BCUT2D eigenvalue weighted by molar-refractivity contribution is -0.0746. The Morgan fingerprint density at radius 2 is 1.76 bits per heavy atom. The molecule has 5 rings (SSSR count). The Balaban J connectivity index is 1.39. The summed E-state index contributed by atoms with van der Waals surface area (Å²) >= 11 is 6.01. The molecule has 188 valence electrons. The van der Waals surface area contributed by atoms with E-state index in [-0.39, 0.29) is 30.1 Å². The van der Waals surface area contributed by atoms with E-state index in [1.165, 1.54) is 12.1 Å². The summed E-state index contributed by atoms with van der Waals surface area (Å²) in [7, 11) is -3.85. The average Bonchev–Trinajstić information content (AvgIpc) is 3.77. The highest BCUT2D eigenvalue weighted by molar-refractivity contribution is 7.89. The number of sulfonamides is 1. The SMILES string of the molecule is O=C(OC1(C2COC[C@@H](CC3CC3)N2S(=O)(=O)c2ccc(Cl)cc2)CC1)N1CCC(CO)CC1. The zero-order valence-electron chi connectivity index (χ0n) is 19.3. The molecule has 1 N–H and O–H groups in total. The fourth-order valence-corrected chi connectivity index (χ4v) is 7.24. The van der Waals surface area contributed by atoms with Gasteiger partial charge in [0.05, 0.1) is 24.2 Å². The lowest BCUT2D eigenvalue weighted by atomic mass is 9.98. The predicted molar refractivity (Wildman–Crippen MR) is 126 cm³/mol. The molecule has 1 amide bonds. The van der Waals surface area contributed by atoms with E-state index in [0.717, 1.165) is 32.1 Å². The highest BCUT2D eigenvalue weighted by Crippen LogP contribution is 2.49. The molecule has 2 heterocycles. The molecular formula is C24H33ClN2O6S. The number of carbonyl (C=O) groups is 1. The van der Waals surface area contributed by atoms with Crippen molar-refractivity contribution in [3.05, 3.63) is 29.3 Å². The minimum absolute atomic E-state index is 0.131. The van der Waals surface area contributed by atoms with Crippen LogP contribution in [0.1, 0.15) is 44.9 Å². The van der Waals surface area contributed by atoms with Crippen LogP contribution in [0.4, 0.5) is 4.79 Å². The fourth-order valence-electron chi connectivity index (χ4n) is 5.27. The van der Waals surface area contributed by atoms with Gasteiger partial charge in [0.1, 0.15) is 5.60 Å². The summed E-state index contributed by atoms with van der Waals surface area (Å²) in [5.74, 6) is 0.731. The third-order valence-electron chi connectivity index (χ3n) is 7.72. The molecule has 1 aromatic carbocycles. The van der Waals surface area contributed by atoms with Gasteiger partial charge in [-0.25, -0.2) is 13.2 Å². The average molecular weight is 513 g/mol. The molecule has 0 radical (unpaired) electrons. The number of amides is 1. The topological polar surface area (TPSA) is 96.4 Å². The number of likely N-dealkylation sites (tertiary alicyclic amines) is 1. The van der Waals surface area contributed by atoms with Crippen LogP contribution >= 0.6 is 11.6 Å². The van der Waals surface area contributed by atoms with Crippen molar-refractivity contribution in [3.63, 3.8) is 0 Å². The normalized spacial score (nSPS) is 28.0. The van der Waals surface area contributed by atoms with E-state index >= 15 is 0 Å². The van der Waals surface area contributed by atoms with Gasteiger partial charge in [-0.15, -0.1) is 0 Å². The number of hydrogen-bond acceptors (Lipinski definition) is 6. The van der Waals surface area contributed by atoms with Crippen LogP contribution in [-0.2, 0) is 19.5 Å². The zero-order chi connectivity index (χ0) is 23.9. The Bertz CT molecular complexity index is 987. The van der Waals surface area contributed by atoms with Crippen LogP contribution in [0, 0.1) is 11.8 Å². The van der Waals surface area contributed by atoms with Gasteiger partial charge < -0.3 is 19.5 Å². The first-order valence-electron chi connectivity index (χ1n) is 12.3. The number of hydrogen-bond donors (Lipinski definition) is 1. The van der Waals surface area contributed by atoms with Crippen LogP contribution < -0.4 is 0 Å². The lowest BCUT2D eigenvalue weighted by Gasteiger charge is -2.44. The maximum absolute atomic E-state index is 13.9. The zero-order valence-corrected chi connectivity index (χ0v) is 20.8. The summed E-state index contributed by atoms with van der Waals surface area (Å²) < 4.78 is 41.4.